The van der Waals surface area contributed by atoms with Gasteiger partial charge in [-0.05, 0) is 71.1 Å². The van der Waals surface area contributed by atoms with Gasteiger partial charge in [-0.15, -0.1) is 0 Å². The molecule has 4 nitrogen and oxygen atoms in total. The van der Waals surface area contributed by atoms with E-state index in [2.05, 4.69) is 37.3 Å². The summed E-state index contributed by atoms with van der Waals surface area (Å²) in [7, 11) is 0. The summed E-state index contributed by atoms with van der Waals surface area (Å²) in [5.74, 6) is 1.24. The van der Waals surface area contributed by atoms with Crippen LogP contribution in [0.25, 0.3) is 16.8 Å². The molecule has 196 valence electrons. The van der Waals surface area contributed by atoms with Gasteiger partial charge in [0.15, 0.2) is 5.17 Å². The quantitative estimate of drug-likeness (QED) is 0.234. The summed E-state index contributed by atoms with van der Waals surface area (Å²) in [6.45, 7) is 2.73. The second-order valence-corrected chi connectivity index (χ2v) is 11.3. The number of amidine groups is 1. The Morgan fingerprint density at radius 3 is 2.41 bits per heavy atom. The molecule has 1 saturated carbocycles. The summed E-state index contributed by atoms with van der Waals surface area (Å²) in [6.07, 6.45) is 6.52. The fourth-order valence-electron chi connectivity index (χ4n) is 5.57. The second kappa shape index (κ2) is 11.5. The van der Waals surface area contributed by atoms with Crippen LogP contribution in [0.15, 0.2) is 107 Å². The first-order valence-corrected chi connectivity index (χ1v) is 14.5. The Morgan fingerprint density at radius 2 is 1.62 bits per heavy atom. The lowest BCUT2D eigenvalue weighted by Gasteiger charge is -2.35. The molecule has 1 aliphatic heterocycles. The van der Waals surface area contributed by atoms with Crippen molar-refractivity contribution in [3.05, 3.63) is 113 Å². The number of fused-ring (bicyclic) bond motifs is 1. The van der Waals surface area contributed by atoms with Crippen molar-refractivity contribution in [2.75, 3.05) is 0 Å². The van der Waals surface area contributed by atoms with E-state index in [9.17, 15) is 4.79 Å². The standard InChI is InChI=1S/C34H32N2O2S/c1-24-12-8-11-19-30(24)36-33(37)32(39-34(36)35-27-16-6-3-7-17-27)22-29-28-18-10-9-15-26(28)20-21-31(29)38-23-25-13-4-2-5-14-25/h2-7,9-10,13-18,20-22,24,30H,8,11-12,19,23H2,1H3/b32-22-,35-34?/t24-,30+/m0/s1. The second-order valence-electron chi connectivity index (χ2n) is 10.3. The monoisotopic (exact) mass is 532 g/mol. The molecule has 0 N–H and O–H groups in total. The molecule has 0 bridgehead atoms. The Balaban J connectivity index is 1.42. The molecule has 4 aromatic carbocycles. The molecule has 1 heterocycles. The summed E-state index contributed by atoms with van der Waals surface area (Å²) < 4.78 is 6.35. The fraction of sp³-hybridized carbons (Fsp3) is 0.235. The highest BCUT2D eigenvalue weighted by Crippen LogP contribution is 2.42. The molecule has 2 fully saturated rings. The molecule has 1 saturated heterocycles. The van der Waals surface area contributed by atoms with Crippen molar-refractivity contribution in [3.8, 4) is 5.75 Å². The van der Waals surface area contributed by atoms with E-state index in [1.807, 2.05) is 77.7 Å². The number of carbonyl (C=O) groups excluding carboxylic acids is 1. The van der Waals surface area contributed by atoms with Crippen LogP contribution in [0.2, 0.25) is 0 Å². The Labute approximate surface area is 234 Å². The topological polar surface area (TPSA) is 41.9 Å². The maximum absolute atomic E-state index is 14.1. The zero-order valence-electron chi connectivity index (χ0n) is 22.1. The van der Waals surface area contributed by atoms with Gasteiger partial charge in [-0.25, -0.2) is 4.99 Å². The van der Waals surface area contributed by atoms with Crippen molar-refractivity contribution in [2.24, 2.45) is 10.9 Å². The molecule has 0 spiro atoms. The van der Waals surface area contributed by atoms with Gasteiger partial charge in [-0.1, -0.05) is 98.6 Å². The van der Waals surface area contributed by atoms with Gasteiger partial charge < -0.3 is 4.74 Å². The number of hydrogen-bond donors (Lipinski definition) is 0. The lowest BCUT2D eigenvalue weighted by atomic mass is 9.85. The number of ether oxygens (including phenoxy) is 1. The number of benzene rings is 4. The number of nitrogens with zero attached hydrogens (tertiary/aromatic N) is 2. The van der Waals surface area contributed by atoms with Crippen molar-refractivity contribution < 1.29 is 9.53 Å². The average molecular weight is 533 g/mol. The number of rotatable bonds is 6. The highest BCUT2D eigenvalue weighted by Gasteiger charge is 2.41. The van der Waals surface area contributed by atoms with Crippen molar-refractivity contribution in [3.63, 3.8) is 0 Å². The molecule has 4 aromatic rings. The van der Waals surface area contributed by atoms with Crippen molar-refractivity contribution >= 4 is 45.4 Å². The normalized spacial score (nSPS) is 21.7. The van der Waals surface area contributed by atoms with E-state index in [1.54, 1.807) is 0 Å². The van der Waals surface area contributed by atoms with Gasteiger partial charge in [0.1, 0.15) is 12.4 Å². The van der Waals surface area contributed by atoms with E-state index >= 15 is 0 Å². The molecule has 39 heavy (non-hydrogen) atoms. The van der Waals surface area contributed by atoms with Crippen LogP contribution in [0.3, 0.4) is 0 Å². The fourth-order valence-corrected chi connectivity index (χ4v) is 6.59. The smallest absolute Gasteiger partial charge is 0.267 e. The van der Waals surface area contributed by atoms with Crippen LogP contribution in [-0.4, -0.2) is 22.0 Å². The lowest BCUT2D eigenvalue weighted by Crippen LogP contribution is -2.44. The summed E-state index contributed by atoms with van der Waals surface area (Å²) in [6, 6.07) is 32.6. The third kappa shape index (κ3) is 5.50. The Hall–Kier alpha value is -3.83. The van der Waals surface area contributed by atoms with Crippen LogP contribution in [0.1, 0.15) is 43.7 Å². The number of para-hydroxylation sites is 1. The Kier molecular flexibility index (Phi) is 7.51. The minimum absolute atomic E-state index is 0.0374. The summed E-state index contributed by atoms with van der Waals surface area (Å²) >= 11 is 1.48. The van der Waals surface area contributed by atoms with Crippen LogP contribution >= 0.6 is 11.8 Å². The van der Waals surface area contributed by atoms with Crippen LogP contribution in [-0.2, 0) is 11.4 Å². The summed E-state index contributed by atoms with van der Waals surface area (Å²) in [5, 5.41) is 2.95. The van der Waals surface area contributed by atoms with E-state index in [4.69, 9.17) is 9.73 Å². The zero-order valence-corrected chi connectivity index (χ0v) is 22.9. The minimum atomic E-state index is 0.0374. The number of amides is 1. The molecule has 1 amide bonds. The molecule has 2 atom stereocenters. The van der Waals surface area contributed by atoms with Crippen LogP contribution in [0.4, 0.5) is 5.69 Å². The van der Waals surface area contributed by atoms with Crippen molar-refractivity contribution in [1.29, 1.82) is 0 Å². The highest BCUT2D eigenvalue weighted by atomic mass is 32.2. The first-order chi connectivity index (χ1) is 19.2. The summed E-state index contributed by atoms with van der Waals surface area (Å²) in [4.78, 5) is 21.7. The van der Waals surface area contributed by atoms with Crippen LogP contribution in [0.5, 0.6) is 5.75 Å². The minimum Gasteiger partial charge on any atom is -0.488 e. The lowest BCUT2D eigenvalue weighted by molar-refractivity contribution is -0.124. The molecule has 0 radical (unpaired) electrons. The maximum Gasteiger partial charge on any atom is 0.267 e. The predicted octanol–water partition coefficient (Wildman–Crippen LogP) is 8.60. The zero-order chi connectivity index (χ0) is 26.6. The third-order valence-corrected chi connectivity index (χ3v) is 8.64. The van der Waals surface area contributed by atoms with E-state index in [0.29, 0.717) is 17.4 Å². The first kappa shape index (κ1) is 25.4. The van der Waals surface area contributed by atoms with Gasteiger partial charge in [0.25, 0.3) is 5.91 Å². The number of aliphatic imine (C=N–C) groups is 1. The van der Waals surface area contributed by atoms with Crippen LogP contribution < -0.4 is 4.74 Å². The first-order valence-electron chi connectivity index (χ1n) is 13.7. The highest BCUT2D eigenvalue weighted by molar-refractivity contribution is 8.18. The Bertz CT molecular complexity index is 1530. The maximum atomic E-state index is 14.1. The molecular formula is C34H32N2O2S. The largest absolute Gasteiger partial charge is 0.488 e. The Morgan fingerprint density at radius 1 is 0.897 bits per heavy atom. The predicted molar refractivity (Wildman–Crippen MR) is 162 cm³/mol. The van der Waals surface area contributed by atoms with Crippen molar-refractivity contribution in [1.82, 2.24) is 4.90 Å². The van der Waals surface area contributed by atoms with Crippen molar-refractivity contribution in [2.45, 2.75) is 45.3 Å². The van der Waals surface area contributed by atoms with Gasteiger partial charge in [0, 0.05) is 11.6 Å². The van der Waals surface area contributed by atoms with E-state index in [1.165, 1.54) is 18.2 Å². The molecule has 0 unspecified atom stereocenters. The summed E-state index contributed by atoms with van der Waals surface area (Å²) in [5.41, 5.74) is 2.89. The number of hydrogen-bond acceptors (Lipinski definition) is 4. The number of thioether (sulfide) groups is 1. The van der Waals surface area contributed by atoms with Gasteiger partial charge >= 0.3 is 0 Å². The van der Waals surface area contributed by atoms with E-state index in [-0.39, 0.29) is 11.9 Å². The molecule has 1 aliphatic carbocycles. The van der Waals surface area contributed by atoms with Gasteiger partial charge in [0.2, 0.25) is 0 Å². The molecule has 2 aliphatic rings. The average Bonchev–Trinajstić information content (AvgIpc) is 3.27. The van der Waals surface area contributed by atoms with Crippen LogP contribution in [0, 0.1) is 5.92 Å². The van der Waals surface area contributed by atoms with E-state index in [0.717, 1.165) is 57.8 Å². The number of carbonyl (C=O) groups is 1. The SMILES string of the molecule is C[C@H]1CCCC[C@H]1N1C(=O)/C(=C/c2c(OCc3ccccc3)ccc3ccccc23)SC1=Nc1ccccc1. The van der Waals surface area contributed by atoms with Gasteiger partial charge in [0.05, 0.1) is 10.6 Å². The van der Waals surface area contributed by atoms with E-state index < -0.39 is 0 Å². The molecule has 0 aromatic heterocycles. The molecule has 6 rings (SSSR count). The van der Waals surface area contributed by atoms with Gasteiger partial charge in [-0.3, -0.25) is 9.69 Å². The molecule has 5 heteroatoms. The third-order valence-electron chi connectivity index (χ3n) is 7.66. The molecular weight excluding hydrogens is 500 g/mol. The van der Waals surface area contributed by atoms with Gasteiger partial charge in [-0.2, -0.15) is 0 Å².